The third-order valence-electron chi connectivity index (χ3n) is 4.16. The lowest BCUT2D eigenvalue weighted by Gasteiger charge is -2.37. The highest BCUT2D eigenvalue weighted by atomic mass is 16.5. The van der Waals surface area contributed by atoms with Gasteiger partial charge in [-0.3, -0.25) is 0 Å². The van der Waals surface area contributed by atoms with E-state index >= 15 is 0 Å². The molecule has 1 N–H and O–H groups in total. The van der Waals surface area contributed by atoms with Gasteiger partial charge in [0.1, 0.15) is 5.82 Å². The van der Waals surface area contributed by atoms with E-state index < -0.39 is 0 Å². The molecule has 0 bridgehead atoms. The van der Waals surface area contributed by atoms with Gasteiger partial charge in [-0.05, 0) is 26.7 Å². The van der Waals surface area contributed by atoms with Crippen LogP contribution in [-0.4, -0.2) is 29.3 Å². The lowest BCUT2D eigenvalue weighted by Crippen LogP contribution is -2.39. The molecule has 0 spiro atoms. The molecule has 2 aliphatic rings. The summed E-state index contributed by atoms with van der Waals surface area (Å²) in [5, 5.41) is 3.40. The molecule has 1 fully saturated rings. The van der Waals surface area contributed by atoms with Crippen LogP contribution in [0.4, 0.5) is 0 Å². The fourth-order valence-corrected chi connectivity index (χ4v) is 3.20. The lowest BCUT2D eigenvalue weighted by atomic mass is 9.91. The van der Waals surface area contributed by atoms with Crippen molar-refractivity contribution in [2.75, 3.05) is 19.8 Å². The van der Waals surface area contributed by atoms with E-state index in [1.165, 1.54) is 17.2 Å². The number of ether oxygens (including phenoxy) is 1. The fraction of sp³-hybridized carbons (Fsp3) is 0.769. The van der Waals surface area contributed by atoms with Crippen LogP contribution < -0.4 is 5.32 Å². The van der Waals surface area contributed by atoms with Gasteiger partial charge in [0, 0.05) is 44.0 Å². The van der Waals surface area contributed by atoms with Crippen LogP contribution in [0, 0.1) is 6.92 Å². The summed E-state index contributed by atoms with van der Waals surface area (Å²) in [6.07, 6.45) is 3.31. The van der Waals surface area contributed by atoms with Gasteiger partial charge < -0.3 is 14.6 Å². The molecule has 0 unspecified atom stereocenters. The van der Waals surface area contributed by atoms with Crippen molar-refractivity contribution in [2.45, 2.75) is 45.2 Å². The van der Waals surface area contributed by atoms with Crippen LogP contribution >= 0.6 is 0 Å². The first-order valence-corrected chi connectivity index (χ1v) is 6.57. The molecule has 0 radical (unpaired) electrons. The highest BCUT2D eigenvalue weighted by Gasteiger charge is 2.34. The first-order valence-electron chi connectivity index (χ1n) is 6.57. The maximum atomic E-state index is 5.50. The maximum Gasteiger partial charge on any atom is 0.106 e. The van der Waals surface area contributed by atoms with E-state index in [4.69, 9.17) is 9.72 Å². The summed E-state index contributed by atoms with van der Waals surface area (Å²) < 4.78 is 7.99. The predicted molar refractivity (Wildman–Crippen MR) is 66.1 cm³/mol. The zero-order chi connectivity index (χ0) is 11.9. The molecule has 0 aliphatic carbocycles. The van der Waals surface area contributed by atoms with Gasteiger partial charge in [0.05, 0.1) is 5.69 Å². The quantitative estimate of drug-likeness (QED) is 0.799. The number of imidazole rings is 1. The van der Waals surface area contributed by atoms with Crippen LogP contribution in [-0.2, 0) is 23.2 Å². The van der Waals surface area contributed by atoms with Gasteiger partial charge in [0.25, 0.3) is 0 Å². The zero-order valence-corrected chi connectivity index (χ0v) is 10.8. The third-order valence-corrected chi connectivity index (χ3v) is 4.16. The van der Waals surface area contributed by atoms with Crippen molar-refractivity contribution in [3.05, 3.63) is 17.2 Å². The Labute approximate surface area is 102 Å². The van der Waals surface area contributed by atoms with E-state index in [9.17, 15) is 0 Å². The van der Waals surface area contributed by atoms with Gasteiger partial charge in [0.15, 0.2) is 0 Å². The molecule has 0 saturated carbocycles. The van der Waals surface area contributed by atoms with E-state index in [0.717, 1.165) is 45.6 Å². The summed E-state index contributed by atoms with van der Waals surface area (Å²) in [6.45, 7) is 8.24. The molecule has 2 aliphatic heterocycles. The van der Waals surface area contributed by atoms with Gasteiger partial charge in [-0.1, -0.05) is 0 Å². The Bertz CT molecular complexity index is 419. The minimum Gasteiger partial charge on any atom is -0.381 e. The van der Waals surface area contributed by atoms with E-state index in [1.807, 2.05) is 0 Å². The third kappa shape index (κ3) is 1.79. The molecule has 4 heteroatoms. The average molecular weight is 235 g/mol. The van der Waals surface area contributed by atoms with Crippen molar-refractivity contribution in [3.63, 3.8) is 0 Å². The van der Waals surface area contributed by atoms with Crippen LogP contribution in [0.25, 0.3) is 0 Å². The zero-order valence-electron chi connectivity index (χ0n) is 10.8. The number of hydrogen-bond donors (Lipinski definition) is 1. The summed E-state index contributed by atoms with van der Waals surface area (Å²) in [5.41, 5.74) is 2.91. The minimum absolute atomic E-state index is 0.209. The van der Waals surface area contributed by atoms with Crippen molar-refractivity contribution in [1.82, 2.24) is 14.9 Å². The number of hydrogen-bond acceptors (Lipinski definition) is 3. The number of aryl methyl sites for hydroxylation is 1. The summed E-state index contributed by atoms with van der Waals surface area (Å²) in [7, 11) is 0. The van der Waals surface area contributed by atoms with Crippen LogP contribution in [0.2, 0.25) is 0 Å². The number of fused-ring (bicyclic) bond motifs is 1. The predicted octanol–water partition coefficient (Wildman–Crippen LogP) is 1.36. The van der Waals surface area contributed by atoms with Crippen LogP contribution in [0.1, 0.15) is 37.0 Å². The first-order chi connectivity index (χ1) is 8.21. The lowest BCUT2D eigenvalue weighted by molar-refractivity contribution is 0.0274. The van der Waals surface area contributed by atoms with Crippen molar-refractivity contribution in [3.8, 4) is 0 Å². The van der Waals surface area contributed by atoms with Gasteiger partial charge in [-0.2, -0.15) is 0 Å². The van der Waals surface area contributed by atoms with Crippen molar-refractivity contribution in [1.29, 1.82) is 0 Å². The largest absolute Gasteiger partial charge is 0.381 e. The SMILES string of the molecule is Cc1nc2c(n1C1(C)CCOCC1)CCNC2. The standard InChI is InChI=1S/C13H21N3O/c1-10-15-11-9-14-6-3-12(11)16(10)13(2)4-7-17-8-5-13/h14H,3-9H2,1-2H3. The van der Waals surface area contributed by atoms with Crippen LogP contribution in [0.15, 0.2) is 0 Å². The highest BCUT2D eigenvalue weighted by Crippen LogP contribution is 2.33. The van der Waals surface area contributed by atoms with Gasteiger partial charge >= 0.3 is 0 Å². The number of nitrogens with zero attached hydrogens (tertiary/aromatic N) is 2. The number of aromatic nitrogens is 2. The molecule has 1 aromatic heterocycles. The van der Waals surface area contributed by atoms with Crippen molar-refractivity contribution in [2.24, 2.45) is 0 Å². The molecule has 3 rings (SSSR count). The van der Waals surface area contributed by atoms with Crippen LogP contribution in [0.5, 0.6) is 0 Å². The topological polar surface area (TPSA) is 39.1 Å². The average Bonchev–Trinajstić information content (AvgIpc) is 2.66. The molecule has 4 nitrogen and oxygen atoms in total. The monoisotopic (exact) mass is 235 g/mol. The Hall–Kier alpha value is -0.870. The summed E-state index contributed by atoms with van der Waals surface area (Å²) in [4.78, 5) is 4.73. The molecule has 0 atom stereocenters. The fourth-order valence-electron chi connectivity index (χ4n) is 3.20. The highest BCUT2D eigenvalue weighted by molar-refractivity contribution is 5.22. The Balaban J connectivity index is 2.04. The smallest absolute Gasteiger partial charge is 0.106 e. The summed E-state index contributed by atoms with van der Waals surface area (Å²) in [5.74, 6) is 1.17. The Morgan fingerprint density at radius 3 is 2.88 bits per heavy atom. The maximum absolute atomic E-state index is 5.50. The summed E-state index contributed by atoms with van der Waals surface area (Å²) >= 11 is 0. The Kier molecular flexibility index (Phi) is 2.71. The summed E-state index contributed by atoms with van der Waals surface area (Å²) in [6, 6.07) is 0. The van der Waals surface area contributed by atoms with E-state index in [2.05, 4.69) is 23.7 Å². The molecule has 17 heavy (non-hydrogen) atoms. The van der Waals surface area contributed by atoms with E-state index in [0.29, 0.717) is 0 Å². The molecule has 1 saturated heterocycles. The van der Waals surface area contributed by atoms with Crippen LogP contribution in [0.3, 0.4) is 0 Å². The molecule has 1 aromatic rings. The van der Waals surface area contributed by atoms with Gasteiger partial charge in [0.2, 0.25) is 0 Å². The molecule has 0 aromatic carbocycles. The molecule has 94 valence electrons. The molecular weight excluding hydrogens is 214 g/mol. The number of rotatable bonds is 1. The first kappa shape index (κ1) is 11.2. The number of nitrogens with one attached hydrogen (secondary N) is 1. The van der Waals surface area contributed by atoms with Crippen molar-refractivity contribution >= 4 is 0 Å². The second kappa shape index (κ2) is 4.10. The Morgan fingerprint density at radius 2 is 2.12 bits per heavy atom. The second-order valence-corrected chi connectivity index (χ2v) is 5.42. The minimum atomic E-state index is 0.209. The van der Waals surface area contributed by atoms with Crippen molar-refractivity contribution < 1.29 is 4.74 Å². The molecule has 0 amide bonds. The normalized spacial score (nSPS) is 23.4. The Morgan fingerprint density at radius 1 is 1.35 bits per heavy atom. The molecule has 3 heterocycles. The molecular formula is C13H21N3O. The van der Waals surface area contributed by atoms with E-state index in [-0.39, 0.29) is 5.54 Å². The second-order valence-electron chi connectivity index (χ2n) is 5.42. The van der Waals surface area contributed by atoms with E-state index in [1.54, 1.807) is 0 Å². The van der Waals surface area contributed by atoms with Gasteiger partial charge in [-0.25, -0.2) is 4.98 Å². The van der Waals surface area contributed by atoms with Gasteiger partial charge in [-0.15, -0.1) is 0 Å².